The maximum atomic E-state index is 10.7. The molecule has 0 atom stereocenters. The lowest BCUT2D eigenvalue weighted by Crippen LogP contribution is -1.96. The second-order valence-corrected chi connectivity index (χ2v) is 3.46. The van der Waals surface area contributed by atoms with Crippen molar-refractivity contribution in [1.29, 1.82) is 0 Å². The van der Waals surface area contributed by atoms with Gasteiger partial charge in [0, 0.05) is 10.9 Å². The first-order valence-corrected chi connectivity index (χ1v) is 4.49. The molecule has 0 fully saturated rings. The third-order valence-electron chi connectivity index (χ3n) is 1.86. The van der Waals surface area contributed by atoms with Crippen molar-refractivity contribution in [1.82, 2.24) is 4.98 Å². The average molecular weight is 240 g/mol. The molecule has 2 N–H and O–H groups in total. The molecule has 0 saturated heterocycles. The van der Waals surface area contributed by atoms with E-state index in [-0.39, 0.29) is 5.69 Å². The predicted molar refractivity (Wildman–Crippen MR) is 53.0 cm³/mol. The van der Waals surface area contributed by atoms with Crippen LogP contribution >= 0.6 is 15.9 Å². The molecule has 1 aromatic heterocycles. The van der Waals surface area contributed by atoms with E-state index in [2.05, 4.69) is 20.9 Å². The van der Waals surface area contributed by atoms with Crippen LogP contribution in [-0.4, -0.2) is 16.1 Å². The van der Waals surface area contributed by atoms with Gasteiger partial charge in [-0.1, -0.05) is 18.2 Å². The first kappa shape index (κ1) is 8.31. The third kappa shape index (κ3) is 1.23. The number of hydrogen-bond acceptors (Lipinski definition) is 1. The van der Waals surface area contributed by atoms with Gasteiger partial charge in [-0.05, 0) is 22.0 Å². The summed E-state index contributed by atoms with van der Waals surface area (Å²) in [5.41, 5.74) is 1.02. The Morgan fingerprint density at radius 2 is 2.08 bits per heavy atom. The number of fused-ring (bicyclic) bond motifs is 1. The van der Waals surface area contributed by atoms with Gasteiger partial charge in [0.05, 0.1) is 4.47 Å². The summed E-state index contributed by atoms with van der Waals surface area (Å²) in [6, 6.07) is 7.43. The van der Waals surface area contributed by atoms with Gasteiger partial charge in [-0.3, -0.25) is 0 Å². The van der Waals surface area contributed by atoms with Gasteiger partial charge in [-0.2, -0.15) is 0 Å². The number of carboxylic acid groups (broad SMARTS) is 1. The molecule has 0 saturated carbocycles. The summed E-state index contributed by atoms with van der Waals surface area (Å²) in [6.07, 6.45) is 0. The van der Waals surface area contributed by atoms with Gasteiger partial charge >= 0.3 is 5.97 Å². The largest absolute Gasteiger partial charge is 0.477 e. The van der Waals surface area contributed by atoms with Gasteiger partial charge in [0.15, 0.2) is 0 Å². The number of H-pyrrole nitrogens is 1. The zero-order chi connectivity index (χ0) is 9.42. The Labute approximate surface area is 82.5 Å². The molecule has 13 heavy (non-hydrogen) atoms. The number of nitrogens with one attached hydrogen (secondary N) is 1. The van der Waals surface area contributed by atoms with Crippen LogP contribution in [0.15, 0.2) is 28.7 Å². The molecule has 3 nitrogen and oxygen atoms in total. The van der Waals surface area contributed by atoms with Crippen LogP contribution in [0.1, 0.15) is 10.5 Å². The SMILES string of the molecule is O=C(O)c1[nH]c2ccccc2c1Br. The standard InChI is InChI=1S/C9H6BrNO2/c10-7-5-3-1-2-4-6(5)11-8(7)9(12)13/h1-4,11H,(H,12,13). The Kier molecular flexibility index (Phi) is 1.84. The van der Waals surface area contributed by atoms with E-state index >= 15 is 0 Å². The van der Waals surface area contributed by atoms with Crippen molar-refractivity contribution in [2.24, 2.45) is 0 Å². The lowest BCUT2D eigenvalue weighted by molar-refractivity contribution is 0.0690. The zero-order valence-electron chi connectivity index (χ0n) is 6.54. The van der Waals surface area contributed by atoms with Crippen molar-refractivity contribution >= 4 is 32.8 Å². The quantitative estimate of drug-likeness (QED) is 0.804. The van der Waals surface area contributed by atoms with Crippen molar-refractivity contribution in [3.05, 3.63) is 34.4 Å². The summed E-state index contributed by atoms with van der Waals surface area (Å²) >= 11 is 3.24. The van der Waals surface area contributed by atoms with Gasteiger partial charge in [-0.15, -0.1) is 0 Å². The summed E-state index contributed by atoms with van der Waals surface area (Å²) in [7, 11) is 0. The molecule has 0 bridgehead atoms. The molecule has 2 aromatic rings. The van der Waals surface area contributed by atoms with E-state index in [4.69, 9.17) is 5.11 Å². The fourth-order valence-corrected chi connectivity index (χ4v) is 1.87. The molecule has 0 radical (unpaired) electrons. The molecule has 66 valence electrons. The van der Waals surface area contributed by atoms with Gasteiger partial charge < -0.3 is 10.1 Å². The second kappa shape index (κ2) is 2.88. The van der Waals surface area contributed by atoms with Gasteiger partial charge in [-0.25, -0.2) is 4.79 Å². The fourth-order valence-electron chi connectivity index (χ4n) is 1.26. The van der Waals surface area contributed by atoms with Crippen molar-refractivity contribution in [3.63, 3.8) is 0 Å². The predicted octanol–water partition coefficient (Wildman–Crippen LogP) is 2.63. The Morgan fingerprint density at radius 3 is 2.69 bits per heavy atom. The van der Waals surface area contributed by atoms with Crippen LogP contribution in [0.4, 0.5) is 0 Å². The van der Waals surface area contributed by atoms with Crippen LogP contribution in [0.2, 0.25) is 0 Å². The smallest absolute Gasteiger partial charge is 0.353 e. The average Bonchev–Trinajstić information content (AvgIpc) is 2.45. The number of aromatic nitrogens is 1. The summed E-state index contributed by atoms with van der Waals surface area (Å²) in [6.45, 7) is 0. The van der Waals surface area contributed by atoms with Crippen molar-refractivity contribution < 1.29 is 9.90 Å². The van der Waals surface area contributed by atoms with Crippen LogP contribution in [0.3, 0.4) is 0 Å². The monoisotopic (exact) mass is 239 g/mol. The van der Waals surface area contributed by atoms with Crippen LogP contribution in [0.25, 0.3) is 10.9 Å². The van der Waals surface area contributed by atoms with E-state index in [1.54, 1.807) is 0 Å². The van der Waals surface area contributed by atoms with Crippen molar-refractivity contribution in [2.45, 2.75) is 0 Å². The molecule has 0 amide bonds. The number of rotatable bonds is 1. The zero-order valence-corrected chi connectivity index (χ0v) is 8.13. The van der Waals surface area contributed by atoms with E-state index in [0.29, 0.717) is 4.47 Å². The van der Waals surface area contributed by atoms with Gasteiger partial charge in [0.25, 0.3) is 0 Å². The lowest BCUT2D eigenvalue weighted by Gasteiger charge is -1.87. The van der Waals surface area contributed by atoms with E-state index in [1.807, 2.05) is 24.3 Å². The summed E-state index contributed by atoms with van der Waals surface area (Å²) < 4.78 is 0.607. The summed E-state index contributed by atoms with van der Waals surface area (Å²) in [5, 5.41) is 9.69. The van der Waals surface area contributed by atoms with Crippen molar-refractivity contribution in [2.75, 3.05) is 0 Å². The van der Waals surface area contributed by atoms with Crippen molar-refractivity contribution in [3.8, 4) is 0 Å². The number of para-hydroxylation sites is 1. The number of benzene rings is 1. The molecule has 0 aliphatic heterocycles. The molecule has 0 spiro atoms. The number of aromatic carboxylic acids is 1. The topological polar surface area (TPSA) is 53.1 Å². The molecular formula is C9H6BrNO2. The molecule has 2 rings (SSSR count). The lowest BCUT2D eigenvalue weighted by atomic mass is 10.2. The number of carbonyl (C=O) groups is 1. The Hall–Kier alpha value is -1.29. The third-order valence-corrected chi connectivity index (χ3v) is 2.68. The second-order valence-electron chi connectivity index (χ2n) is 2.66. The highest BCUT2D eigenvalue weighted by Gasteiger charge is 2.13. The highest BCUT2D eigenvalue weighted by molar-refractivity contribution is 9.10. The summed E-state index contributed by atoms with van der Waals surface area (Å²) in [4.78, 5) is 13.5. The Bertz CT molecular complexity index is 475. The van der Waals surface area contributed by atoms with E-state index in [9.17, 15) is 4.79 Å². The molecule has 0 aliphatic rings. The molecule has 1 aromatic carbocycles. The first-order valence-electron chi connectivity index (χ1n) is 3.69. The van der Waals surface area contributed by atoms with Gasteiger partial charge in [0.1, 0.15) is 5.69 Å². The number of aromatic amines is 1. The van der Waals surface area contributed by atoms with E-state index in [0.717, 1.165) is 10.9 Å². The maximum absolute atomic E-state index is 10.7. The Morgan fingerprint density at radius 1 is 1.38 bits per heavy atom. The molecule has 0 aliphatic carbocycles. The van der Waals surface area contributed by atoms with E-state index < -0.39 is 5.97 Å². The number of halogens is 1. The first-order chi connectivity index (χ1) is 6.20. The number of hydrogen-bond donors (Lipinski definition) is 2. The minimum atomic E-state index is -0.955. The van der Waals surface area contributed by atoms with Gasteiger partial charge in [0.2, 0.25) is 0 Å². The number of carboxylic acids is 1. The normalized spacial score (nSPS) is 10.5. The highest BCUT2D eigenvalue weighted by atomic mass is 79.9. The van der Waals surface area contributed by atoms with E-state index in [1.165, 1.54) is 0 Å². The molecule has 1 heterocycles. The molecular weight excluding hydrogens is 234 g/mol. The minimum absolute atomic E-state index is 0.196. The fraction of sp³-hybridized carbons (Fsp3) is 0. The van der Waals surface area contributed by atoms with Crippen LogP contribution in [-0.2, 0) is 0 Å². The van der Waals surface area contributed by atoms with Crippen LogP contribution < -0.4 is 0 Å². The van der Waals surface area contributed by atoms with Crippen LogP contribution in [0, 0.1) is 0 Å². The Balaban J connectivity index is 2.81. The molecule has 0 unspecified atom stereocenters. The highest BCUT2D eigenvalue weighted by Crippen LogP contribution is 2.27. The molecule has 4 heteroatoms. The maximum Gasteiger partial charge on any atom is 0.353 e. The minimum Gasteiger partial charge on any atom is -0.477 e. The summed E-state index contributed by atoms with van der Waals surface area (Å²) in [5.74, 6) is -0.955. The van der Waals surface area contributed by atoms with Crippen LogP contribution in [0.5, 0.6) is 0 Å².